The number of hydrogen-bond donors (Lipinski definition) is 2. The van der Waals surface area contributed by atoms with Gasteiger partial charge < -0.3 is 15.4 Å². The van der Waals surface area contributed by atoms with Crippen molar-refractivity contribution in [2.24, 2.45) is 0 Å². The maximum Gasteiger partial charge on any atom is 0.226 e. The van der Waals surface area contributed by atoms with Crippen molar-refractivity contribution in [1.82, 2.24) is 0 Å². The summed E-state index contributed by atoms with van der Waals surface area (Å²) in [5.74, 6) is 0.00664. The van der Waals surface area contributed by atoms with Crippen molar-refractivity contribution in [1.29, 1.82) is 0 Å². The molecule has 0 saturated heterocycles. The first-order chi connectivity index (χ1) is 8.79. The van der Waals surface area contributed by atoms with E-state index < -0.39 is 0 Å². The number of anilines is 2. The van der Waals surface area contributed by atoms with E-state index in [1.165, 1.54) is 11.3 Å². The van der Waals surface area contributed by atoms with Crippen molar-refractivity contribution >= 4 is 29.7 Å². The quantitative estimate of drug-likeness (QED) is 0.818. The van der Waals surface area contributed by atoms with Crippen LogP contribution >= 0.6 is 12.4 Å². The van der Waals surface area contributed by atoms with Gasteiger partial charge in [0, 0.05) is 24.5 Å². The number of benzene rings is 1. The molecule has 0 radical (unpaired) electrons. The molecule has 1 amide bonds. The van der Waals surface area contributed by atoms with Crippen molar-refractivity contribution in [3.8, 4) is 0 Å². The Hall–Kier alpha value is -1.26. The predicted octanol–water partition coefficient (Wildman–Crippen LogP) is 2.83. The molecule has 2 N–H and O–H groups in total. The van der Waals surface area contributed by atoms with Crippen LogP contribution in [0.15, 0.2) is 18.2 Å². The molecule has 5 heteroatoms. The van der Waals surface area contributed by atoms with Crippen molar-refractivity contribution in [2.75, 3.05) is 30.4 Å². The van der Waals surface area contributed by atoms with E-state index >= 15 is 0 Å². The monoisotopic (exact) mass is 284 g/mol. The van der Waals surface area contributed by atoms with Crippen molar-refractivity contribution in [2.45, 2.75) is 26.2 Å². The Morgan fingerprint density at radius 1 is 1.47 bits per heavy atom. The summed E-state index contributed by atoms with van der Waals surface area (Å²) >= 11 is 0. The lowest BCUT2D eigenvalue weighted by Gasteiger charge is -2.18. The molecule has 0 fully saturated rings. The molecule has 0 unspecified atom stereocenters. The lowest BCUT2D eigenvalue weighted by Crippen LogP contribution is -2.16. The van der Waals surface area contributed by atoms with E-state index in [1.807, 2.05) is 19.1 Å². The molecule has 1 aliphatic rings. The van der Waals surface area contributed by atoms with Crippen LogP contribution in [0.4, 0.5) is 11.4 Å². The second kappa shape index (κ2) is 8.02. The van der Waals surface area contributed by atoms with Gasteiger partial charge in [0.25, 0.3) is 0 Å². The first kappa shape index (κ1) is 15.8. The van der Waals surface area contributed by atoms with Crippen LogP contribution < -0.4 is 10.6 Å². The fourth-order valence-electron chi connectivity index (χ4n) is 2.09. The van der Waals surface area contributed by atoms with Crippen molar-refractivity contribution in [3.05, 3.63) is 23.8 Å². The normalized spacial score (nSPS) is 12.9. The number of fused-ring (bicyclic) bond motifs is 1. The number of nitrogens with one attached hydrogen (secondary N) is 2. The Morgan fingerprint density at radius 2 is 2.32 bits per heavy atom. The highest BCUT2D eigenvalue weighted by atomic mass is 35.5. The second-order valence-electron chi connectivity index (χ2n) is 4.40. The van der Waals surface area contributed by atoms with Crippen LogP contribution in [0, 0.1) is 0 Å². The minimum Gasteiger partial charge on any atom is -0.385 e. The zero-order chi connectivity index (χ0) is 12.8. The first-order valence-electron chi connectivity index (χ1n) is 6.54. The number of rotatable bonds is 5. The summed E-state index contributed by atoms with van der Waals surface area (Å²) in [6.45, 7) is 4.09. The van der Waals surface area contributed by atoms with Crippen LogP contribution in [0.5, 0.6) is 0 Å². The molecule has 1 heterocycles. The summed E-state index contributed by atoms with van der Waals surface area (Å²) in [4.78, 5) is 11.6. The van der Waals surface area contributed by atoms with E-state index in [-0.39, 0.29) is 18.3 Å². The molecule has 1 aromatic carbocycles. The minimum absolute atomic E-state index is 0. The van der Waals surface area contributed by atoms with E-state index in [0.717, 1.165) is 25.1 Å². The van der Waals surface area contributed by atoms with Gasteiger partial charge in [0.05, 0.1) is 13.0 Å². The molecule has 0 saturated carbocycles. The topological polar surface area (TPSA) is 50.4 Å². The van der Waals surface area contributed by atoms with E-state index in [2.05, 4.69) is 16.7 Å². The average Bonchev–Trinajstić information content (AvgIpc) is 2.39. The Kier molecular flexibility index (Phi) is 6.67. The number of hydrogen-bond acceptors (Lipinski definition) is 3. The van der Waals surface area contributed by atoms with Gasteiger partial charge in [0.1, 0.15) is 0 Å². The van der Waals surface area contributed by atoms with Crippen LogP contribution in [-0.4, -0.2) is 25.7 Å². The van der Waals surface area contributed by atoms with E-state index in [9.17, 15) is 4.79 Å². The number of carbonyl (C=O) groups excluding carboxylic acids is 1. The molecule has 0 aliphatic carbocycles. The molecule has 0 spiro atoms. The van der Waals surface area contributed by atoms with Gasteiger partial charge in [-0.1, -0.05) is 0 Å². The minimum atomic E-state index is 0. The lowest BCUT2D eigenvalue weighted by atomic mass is 10.0. The Balaban J connectivity index is 0.00000180. The standard InChI is InChI=1S/C14H20N2O2.ClH/c1-2-18-9-7-14(17)16-12-5-6-13-11(10-12)4-3-8-15-13;/h5-6,10,15H,2-4,7-9H2,1H3,(H,16,17);1H. The molecule has 0 atom stereocenters. The fraction of sp³-hybridized carbons (Fsp3) is 0.500. The second-order valence-corrected chi connectivity index (χ2v) is 4.40. The maximum absolute atomic E-state index is 11.6. The van der Waals surface area contributed by atoms with E-state index in [1.54, 1.807) is 0 Å². The third-order valence-corrected chi connectivity index (χ3v) is 3.00. The number of carbonyl (C=O) groups is 1. The van der Waals surface area contributed by atoms with Gasteiger partial charge in [-0.25, -0.2) is 0 Å². The van der Waals surface area contributed by atoms with Crippen LogP contribution in [0.1, 0.15) is 25.3 Å². The number of halogens is 1. The van der Waals surface area contributed by atoms with E-state index in [4.69, 9.17) is 4.74 Å². The van der Waals surface area contributed by atoms with Gasteiger partial charge >= 0.3 is 0 Å². The van der Waals surface area contributed by atoms with Gasteiger partial charge in [-0.05, 0) is 43.5 Å². The zero-order valence-electron chi connectivity index (χ0n) is 11.2. The van der Waals surface area contributed by atoms with Crippen LogP contribution in [-0.2, 0) is 16.0 Å². The summed E-state index contributed by atoms with van der Waals surface area (Å²) in [6.07, 6.45) is 2.63. The van der Waals surface area contributed by atoms with Crippen LogP contribution in [0.25, 0.3) is 0 Å². The molecule has 4 nitrogen and oxygen atoms in total. The molecule has 19 heavy (non-hydrogen) atoms. The third-order valence-electron chi connectivity index (χ3n) is 3.00. The first-order valence-corrected chi connectivity index (χ1v) is 6.54. The van der Waals surface area contributed by atoms with Crippen LogP contribution in [0.3, 0.4) is 0 Å². The number of amides is 1. The third kappa shape index (κ3) is 4.73. The molecular weight excluding hydrogens is 264 g/mol. The highest BCUT2D eigenvalue weighted by molar-refractivity contribution is 5.91. The molecular formula is C14H21ClN2O2. The molecule has 0 bridgehead atoms. The summed E-state index contributed by atoms with van der Waals surface area (Å²) in [7, 11) is 0. The highest BCUT2D eigenvalue weighted by Gasteiger charge is 2.09. The largest absolute Gasteiger partial charge is 0.385 e. The summed E-state index contributed by atoms with van der Waals surface area (Å²) in [5, 5.41) is 6.26. The SMILES string of the molecule is CCOCCC(=O)Nc1ccc2c(c1)CCCN2.Cl. The molecule has 106 valence electrons. The van der Waals surface area contributed by atoms with E-state index in [0.29, 0.717) is 19.6 Å². The Morgan fingerprint density at radius 3 is 3.11 bits per heavy atom. The highest BCUT2D eigenvalue weighted by Crippen LogP contribution is 2.25. The molecule has 1 aromatic rings. The van der Waals surface area contributed by atoms with Gasteiger partial charge in [-0.15, -0.1) is 12.4 Å². The molecule has 1 aliphatic heterocycles. The summed E-state index contributed by atoms with van der Waals surface area (Å²) < 4.78 is 5.16. The van der Waals surface area contributed by atoms with Crippen molar-refractivity contribution in [3.63, 3.8) is 0 Å². The van der Waals surface area contributed by atoms with Crippen molar-refractivity contribution < 1.29 is 9.53 Å². The average molecular weight is 285 g/mol. The summed E-state index contributed by atoms with van der Waals surface area (Å²) in [6, 6.07) is 6.03. The molecule has 0 aromatic heterocycles. The Labute approximate surface area is 120 Å². The van der Waals surface area contributed by atoms with Gasteiger partial charge in [0.15, 0.2) is 0 Å². The predicted molar refractivity (Wildman–Crippen MR) is 80.2 cm³/mol. The number of aryl methyl sites for hydroxylation is 1. The lowest BCUT2D eigenvalue weighted by molar-refractivity contribution is -0.117. The van der Waals surface area contributed by atoms with Gasteiger partial charge in [-0.2, -0.15) is 0 Å². The van der Waals surface area contributed by atoms with Gasteiger partial charge in [0.2, 0.25) is 5.91 Å². The van der Waals surface area contributed by atoms with Crippen LogP contribution in [0.2, 0.25) is 0 Å². The smallest absolute Gasteiger partial charge is 0.226 e. The zero-order valence-corrected chi connectivity index (χ0v) is 12.0. The number of ether oxygens (including phenoxy) is 1. The fourth-order valence-corrected chi connectivity index (χ4v) is 2.09. The maximum atomic E-state index is 11.6. The van der Waals surface area contributed by atoms with Gasteiger partial charge in [-0.3, -0.25) is 4.79 Å². The molecule has 2 rings (SSSR count). The summed E-state index contributed by atoms with van der Waals surface area (Å²) in [5.41, 5.74) is 3.34. The Bertz CT molecular complexity index is 424.